The Morgan fingerprint density at radius 1 is 1.50 bits per heavy atom. The molecule has 96 valence electrons. The van der Waals surface area contributed by atoms with Crippen molar-refractivity contribution in [2.24, 2.45) is 11.7 Å². The second-order valence-corrected chi connectivity index (χ2v) is 4.65. The molecule has 0 radical (unpaired) electrons. The standard InChI is InChI=1S/C11H23N3O.ClH/c1-9-4-6-14(7-5-9)11(15)13(3)10(2)8-12;/h9-10H,4-8,12H2,1-3H3;1H. The van der Waals surface area contributed by atoms with E-state index in [4.69, 9.17) is 5.73 Å². The summed E-state index contributed by atoms with van der Waals surface area (Å²) in [5.41, 5.74) is 5.55. The summed E-state index contributed by atoms with van der Waals surface area (Å²) in [6.07, 6.45) is 2.24. The number of likely N-dealkylation sites (tertiary alicyclic amines) is 1. The fourth-order valence-corrected chi connectivity index (χ4v) is 1.77. The lowest BCUT2D eigenvalue weighted by Crippen LogP contribution is -2.49. The third-order valence-electron chi connectivity index (χ3n) is 3.36. The topological polar surface area (TPSA) is 49.6 Å². The molecule has 5 heteroatoms. The Kier molecular flexibility index (Phi) is 6.76. The molecule has 2 amide bonds. The van der Waals surface area contributed by atoms with Crippen LogP contribution >= 0.6 is 12.4 Å². The average Bonchev–Trinajstić information content (AvgIpc) is 2.27. The predicted molar refractivity (Wildman–Crippen MR) is 68.9 cm³/mol. The van der Waals surface area contributed by atoms with Gasteiger partial charge < -0.3 is 15.5 Å². The zero-order valence-electron chi connectivity index (χ0n) is 10.5. The number of nitrogens with two attached hydrogens (primary N) is 1. The van der Waals surface area contributed by atoms with Gasteiger partial charge in [-0.3, -0.25) is 0 Å². The Balaban J connectivity index is 0.00000225. The van der Waals surface area contributed by atoms with Gasteiger partial charge in [-0.1, -0.05) is 6.92 Å². The molecule has 1 fully saturated rings. The Morgan fingerprint density at radius 2 is 2.00 bits per heavy atom. The van der Waals surface area contributed by atoms with Gasteiger partial charge in [0.1, 0.15) is 0 Å². The average molecular weight is 250 g/mol. The number of amides is 2. The van der Waals surface area contributed by atoms with Crippen molar-refractivity contribution in [1.29, 1.82) is 0 Å². The van der Waals surface area contributed by atoms with Crippen molar-refractivity contribution >= 4 is 18.4 Å². The van der Waals surface area contributed by atoms with E-state index < -0.39 is 0 Å². The lowest BCUT2D eigenvalue weighted by Gasteiger charge is -2.35. The van der Waals surface area contributed by atoms with Gasteiger partial charge in [0.15, 0.2) is 0 Å². The van der Waals surface area contributed by atoms with Crippen LogP contribution in [0.25, 0.3) is 0 Å². The molecule has 0 aliphatic carbocycles. The van der Waals surface area contributed by atoms with Crippen LogP contribution in [0.3, 0.4) is 0 Å². The quantitative estimate of drug-likeness (QED) is 0.807. The molecule has 1 aliphatic heterocycles. The van der Waals surface area contributed by atoms with Crippen LogP contribution in [-0.2, 0) is 0 Å². The maximum absolute atomic E-state index is 12.0. The molecule has 0 aromatic heterocycles. The van der Waals surface area contributed by atoms with Crippen LogP contribution in [0.1, 0.15) is 26.7 Å². The Morgan fingerprint density at radius 3 is 2.44 bits per heavy atom. The van der Waals surface area contributed by atoms with E-state index >= 15 is 0 Å². The molecule has 0 bridgehead atoms. The van der Waals surface area contributed by atoms with Crippen molar-refractivity contribution in [2.75, 3.05) is 26.7 Å². The van der Waals surface area contributed by atoms with Crippen LogP contribution in [0.4, 0.5) is 4.79 Å². The van der Waals surface area contributed by atoms with Crippen molar-refractivity contribution in [3.05, 3.63) is 0 Å². The summed E-state index contributed by atoms with van der Waals surface area (Å²) in [4.78, 5) is 15.7. The van der Waals surface area contributed by atoms with E-state index in [-0.39, 0.29) is 24.5 Å². The van der Waals surface area contributed by atoms with E-state index in [0.29, 0.717) is 6.54 Å². The number of hydrogen-bond acceptors (Lipinski definition) is 2. The number of carbonyl (C=O) groups excluding carboxylic acids is 1. The summed E-state index contributed by atoms with van der Waals surface area (Å²) in [6, 6.07) is 0.247. The summed E-state index contributed by atoms with van der Waals surface area (Å²) in [6.45, 7) is 6.52. The highest BCUT2D eigenvalue weighted by molar-refractivity contribution is 5.85. The summed E-state index contributed by atoms with van der Waals surface area (Å²) >= 11 is 0. The normalized spacial score (nSPS) is 18.9. The molecule has 0 saturated carbocycles. The number of likely N-dealkylation sites (N-methyl/N-ethyl adjacent to an activating group) is 1. The Hall–Kier alpha value is -0.480. The van der Waals surface area contributed by atoms with Gasteiger partial charge in [0.05, 0.1) is 0 Å². The first-order valence-electron chi connectivity index (χ1n) is 5.78. The van der Waals surface area contributed by atoms with E-state index in [9.17, 15) is 4.79 Å². The fourth-order valence-electron chi connectivity index (χ4n) is 1.77. The third kappa shape index (κ3) is 3.83. The molecule has 4 nitrogen and oxygen atoms in total. The van der Waals surface area contributed by atoms with Gasteiger partial charge in [-0.15, -0.1) is 12.4 Å². The van der Waals surface area contributed by atoms with Crippen LogP contribution in [0, 0.1) is 5.92 Å². The van der Waals surface area contributed by atoms with Crippen LogP contribution in [0.2, 0.25) is 0 Å². The predicted octanol–water partition coefficient (Wildman–Crippen LogP) is 1.54. The Bertz CT molecular complexity index is 217. The van der Waals surface area contributed by atoms with Crippen molar-refractivity contribution in [3.8, 4) is 0 Å². The molecule has 0 aromatic rings. The highest BCUT2D eigenvalue weighted by atomic mass is 35.5. The molecule has 1 rings (SSSR count). The zero-order chi connectivity index (χ0) is 11.4. The molecule has 1 unspecified atom stereocenters. The van der Waals surface area contributed by atoms with E-state index in [0.717, 1.165) is 31.8 Å². The molecular formula is C11H24ClN3O. The van der Waals surface area contributed by atoms with Crippen molar-refractivity contribution in [1.82, 2.24) is 9.80 Å². The molecule has 1 aliphatic rings. The van der Waals surface area contributed by atoms with E-state index in [1.165, 1.54) is 0 Å². The van der Waals surface area contributed by atoms with Gasteiger partial charge in [-0.05, 0) is 25.7 Å². The van der Waals surface area contributed by atoms with E-state index in [2.05, 4.69) is 6.92 Å². The smallest absolute Gasteiger partial charge is 0.320 e. The Labute approximate surface area is 105 Å². The number of hydrogen-bond donors (Lipinski definition) is 1. The number of halogens is 1. The molecule has 1 atom stereocenters. The summed E-state index contributed by atoms with van der Waals surface area (Å²) in [7, 11) is 1.83. The van der Waals surface area contributed by atoms with Gasteiger partial charge in [-0.2, -0.15) is 0 Å². The largest absolute Gasteiger partial charge is 0.328 e. The lowest BCUT2D eigenvalue weighted by molar-refractivity contribution is 0.133. The molecule has 1 heterocycles. The van der Waals surface area contributed by atoms with Gasteiger partial charge in [-0.25, -0.2) is 4.79 Å². The maximum Gasteiger partial charge on any atom is 0.320 e. The summed E-state index contributed by atoms with van der Waals surface area (Å²) in [5.74, 6) is 0.756. The molecule has 0 spiro atoms. The number of nitrogens with zero attached hydrogens (tertiary/aromatic N) is 2. The van der Waals surface area contributed by atoms with E-state index in [1.54, 1.807) is 4.90 Å². The summed E-state index contributed by atoms with van der Waals surface area (Å²) in [5, 5.41) is 0. The van der Waals surface area contributed by atoms with Crippen molar-refractivity contribution < 1.29 is 4.79 Å². The zero-order valence-corrected chi connectivity index (χ0v) is 11.3. The monoisotopic (exact) mass is 249 g/mol. The number of urea groups is 1. The van der Waals surface area contributed by atoms with Crippen molar-refractivity contribution in [3.63, 3.8) is 0 Å². The number of rotatable bonds is 2. The molecule has 1 saturated heterocycles. The molecule has 0 aromatic carbocycles. The first-order chi connectivity index (χ1) is 7.06. The molecular weight excluding hydrogens is 226 g/mol. The maximum atomic E-state index is 12.0. The second kappa shape index (κ2) is 6.97. The third-order valence-corrected chi connectivity index (χ3v) is 3.36. The highest BCUT2D eigenvalue weighted by Crippen LogP contribution is 2.17. The minimum Gasteiger partial charge on any atom is -0.328 e. The SMILES string of the molecule is CC1CCN(C(=O)N(C)C(C)CN)CC1.Cl. The summed E-state index contributed by atoms with van der Waals surface area (Å²) < 4.78 is 0. The first kappa shape index (κ1) is 15.5. The van der Waals surface area contributed by atoms with Crippen LogP contribution in [-0.4, -0.2) is 48.6 Å². The van der Waals surface area contributed by atoms with Gasteiger partial charge in [0.2, 0.25) is 0 Å². The number of piperidine rings is 1. The van der Waals surface area contributed by atoms with E-state index in [1.807, 2.05) is 18.9 Å². The fraction of sp³-hybridized carbons (Fsp3) is 0.909. The minimum absolute atomic E-state index is 0. The van der Waals surface area contributed by atoms with Gasteiger partial charge >= 0.3 is 6.03 Å². The van der Waals surface area contributed by atoms with Crippen LogP contribution in [0.15, 0.2) is 0 Å². The van der Waals surface area contributed by atoms with Crippen molar-refractivity contribution in [2.45, 2.75) is 32.7 Å². The minimum atomic E-state index is 0. The van der Waals surface area contributed by atoms with Crippen LogP contribution in [0.5, 0.6) is 0 Å². The molecule has 16 heavy (non-hydrogen) atoms. The lowest BCUT2D eigenvalue weighted by atomic mass is 9.99. The molecule has 2 N–H and O–H groups in total. The second-order valence-electron chi connectivity index (χ2n) is 4.65. The first-order valence-corrected chi connectivity index (χ1v) is 5.78. The van der Waals surface area contributed by atoms with Gasteiger partial charge in [0.25, 0.3) is 0 Å². The highest BCUT2D eigenvalue weighted by Gasteiger charge is 2.24. The van der Waals surface area contributed by atoms with Gasteiger partial charge in [0, 0.05) is 32.7 Å². The van der Waals surface area contributed by atoms with Crippen LogP contribution < -0.4 is 5.73 Å². The number of carbonyl (C=O) groups is 1.